The van der Waals surface area contributed by atoms with Crippen LogP contribution in [0.5, 0.6) is 0 Å². The lowest BCUT2D eigenvalue weighted by Gasteiger charge is -2.35. The first kappa shape index (κ1) is 32.3. The Balaban J connectivity index is 2.18. The third-order valence-electron chi connectivity index (χ3n) is 6.89. The summed E-state index contributed by atoms with van der Waals surface area (Å²) in [6, 6.07) is 10.8. The highest BCUT2D eigenvalue weighted by atomic mass is 32.2. The van der Waals surface area contributed by atoms with Gasteiger partial charge in [0.2, 0.25) is 11.8 Å². The van der Waals surface area contributed by atoms with Crippen LogP contribution in [0.4, 0.5) is 22.7 Å². The molecule has 0 aromatic heterocycles. The third kappa shape index (κ3) is 9.66. The van der Waals surface area contributed by atoms with Crippen LogP contribution in [-0.4, -0.2) is 39.9 Å². The fourth-order valence-electron chi connectivity index (χ4n) is 3.53. The van der Waals surface area contributed by atoms with Crippen LogP contribution >= 0.6 is 0 Å². The van der Waals surface area contributed by atoms with Gasteiger partial charge in [-0.05, 0) is 73.4 Å². The van der Waals surface area contributed by atoms with Gasteiger partial charge >= 0.3 is 0 Å². The van der Waals surface area contributed by atoms with Crippen molar-refractivity contribution in [3.05, 3.63) is 42.5 Å². The maximum absolute atomic E-state index is 13.0. The average molecular weight is 577 g/mol. The number of carbonyl (C=O) groups is 2. The lowest BCUT2D eigenvalue weighted by atomic mass is 9.95. The second-order valence-electron chi connectivity index (χ2n) is 12.1. The molecule has 216 valence electrons. The van der Waals surface area contributed by atoms with Gasteiger partial charge in [-0.1, -0.05) is 41.0 Å². The minimum atomic E-state index is -3.91. The SMILES string of the molecule is CC(=O)Nc1ccc(S(=O)(=O)Nc2ccc(NCCCCC(C)(C)[Si](C)(C)O)c(NC(=O)C(C)(C)C)c2)cc1. The van der Waals surface area contributed by atoms with Crippen LogP contribution in [0.15, 0.2) is 47.4 Å². The van der Waals surface area contributed by atoms with Crippen molar-refractivity contribution in [2.45, 2.75) is 83.8 Å². The van der Waals surface area contributed by atoms with E-state index in [1.165, 1.54) is 31.2 Å². The molecule has 2 amide bonds. The number of amides is 2. The second kappa shape index (κ2) is 12.5. The molecule has 0 atom stereocenters. The van der Waals surface area contributed by atoms with Crippen molar-refractivity contribution in [1.29, 1.82) is 0 Å². The normalized spacial score (nSPS) is 12.5. The fourth-order valence-corrected chi connectivity index (χ4v) is 5.37. The van der Waals surface area contributed by atoms with Crippen molar-refractivity contribution in [2.75, 3.05) is 27.2 Å². The lowest BCUT2D eigenvalue weighted by molar-refractivity contribution is -0.123. The van der Waals surface area contributed by atoms with E-state index in [9.17, 15) is 22.8 Å². The molecule has 0 heterocycles. The molecule has 0 fully saturated rings. The lowest BCUT2D eigenvalue weighted by Crippen LogP contribution is -2.38. The van der Waals surface area contributed by atoms with E-state index >= 15 is 0 Å². The van der Waals surface area contributed by atoms with Crippen molar-refractivity contribution in [1.82, 2.24) is 0 Å². The number of sulfonamides is 1. The molecule has 0 bridgehead atoms. The number of nitrogens with one attached hydrogen (secondary N) is 4. The number of carbonyl (C=O) groups excluding carboxylic acids is 2. The van der Waals surface area contributed by atoms with Crippen LogP contribution in [0.3, 0.4) is 0 Å². The number of benzene rings is 2. The van der Waals surface area contributed by atoms with Crippen LogP contribution in [-0.2, 0) is 19.6 Å². The largest absolute Gasteiger partial charge is 0.432 e. The monoisotopic (exact) mass is 576 g/mol. The van der Waals surface area contributed by atoms with Gasteiger partial charge in [0.25, 0.3) is 10.0 Å². The smallest absolute Gasteiger partial charge is 0.261 e. The molecule has 0 aliphatic rings. The Morgan fingerprint density at radius 3 is 2.00 bits per heavy atom. The van der Waals surface area contributed by atoms with Gasteiger partial charge in [-0.2, -0.15) is 0 Å². The summed E-state index contributed by atoms with van der Waals surface area (Å²) in [5, 5.41) is 8.81. The molecule has 39 heavy (non-hydrogen) atoms. The van der Waals surface area contributed by atoms with Gasteiger partial charge in [-0.3, -0.25) is 14.3 Å². The number of hydrogen-bond acceptors (Lipinski definition) is 6. The Morgan fingerprint density at radius 1 is 0.872 bits per heavy atom. The van der Waals surface area contributed by atoms with Gasteiger partial charge in [0.05, 0.1) is 22.0 Å². The first-order valence-electron chi connectivity index (χ1n) is 13.1. The number of hydrogen-bond donors (Lipinski definition) is 5. The van der Waals surface area contributed by atoms with E-state index in [2.05, 4.69) is 34.5 Å². The van der Waals surface area contributed by atoms with Gasteiger partial charge in [0.1, 0.15) is 0 Å². The molecule has 0 aliphatic heterocycles. The molecule has 2 aromatic carbocycles. The maximum Gasteiger partial charge on any atom is 0.261 e. The summed E-state index contributed by atoms with van der Waals surface area (Å²) < 4.78 is 28.6. The van der Waals surface area contributed by atoms with Crippen molar-refractivity contribution in [3.63, 3.8) is 0 Å². The summed E-state index contributed by atoms with van der Waals surface area (Å²) in [7, 11) is -6.16. The first-order chi connectivity index (χ1) is 17.8. The van der Waals surface area contributed by atoms with Gasteiger partial charge in [0, 0.05) is 24.6 Å². The van der Waals surface area contributed by atoms with E-state index in [-0.39, 0.29) is 21.7 Å². The van der Waals surface area contributed by atoms with Gasteiger partial charge in [0.15, 0.2) is 8.32 Å². The van der Waals surface area contributed by atoms with Crippen molar-refractivity contribution >= 4 is 52.9 Å². The van der Waals surface area contributed by atoms with Crippen molar-refractivity contribution in [2.24, 2.45) is 5.41 Å². The fraction of sp³-hybridized carbons (Fsp3) is 0.500. The molecule has 0 spiro atoms. The Bertz CT molecular complexity index is 1260. The Labute approximate surface area is 234 Å². The highest BCUT2D eigenvalue weighted by Gasteiger charge is 2.37. The molecule has 0 radical (unpaired) electrons. The van der Waals surface area contributed by atoms with Gasteiger partial charge in [-0.15, -0.1) is 0 Å². The van der Waals surface area contributed by atoms with Gasteiger partial charge in [-0.25, -0.2) is 8.42 Å². The number of unbranched alkanes of at least 4 members (excludes halogenated alkanes) is 1. The summed E-state index contributed by atoms with van der Waals surface area (Å²) in [6.45, 7) is 15.6. The summed E-state index contributed by atoms with van der Waals surface area (Å²) >= 11 is 0. The summed E-state index contributed by atoms with van der Waals surface area (Å²) in [6.07, 6.45) is 2.74. The van der Waals surface area contributed by atoms with Gasteiger partial charge < -0.3 is 20.7 Å². The van der Waals surface area contributed by atoms with Crippen LogP contribution < -0.4 is 20.7 Å². The molecular formula is C28H44N4O5SSi. The summed E-state index contributed by atoms with van der Waals surface area (Å²) in [4.78, 5) is 34.5. The predicted octanol–water partition coefficient (Wildman–Crippen LogP) is 5.99. The van der Waals surface area contributed by atoms with Crippen LogP contribution in [0.25, 0.3) is 0 Å². The molecular weight excluding hydrogens is 532 g/mol. The zero-order chi connectivity index (χ0) is 29.6. The molecule has 0 aliphatic carbocycles. The van der Waals surface area contributed by atoms with Crippen LogP contribution in [0, 0.1) is 5.41 Å². The van der Waals surface area contributed by atoms with E-state index in [1.54, 1.807) is 39.0 Å². The predicted molar refractivity (Wildman–Crippen MR) is 162 cm³/mol. The first-order valence-corrected chi connectivity index (χ1v) is 17.6. The molecule has 0 unspecified atom stereocenters. The van der Waals surface area contributed by atoms with Crippen molar-refractivity contribution in [3.8, 4) is 0 Å². The number of rotatable bonds is 12. The Hall–Kier alpha value is -2.89. The third-order valence-corrected chi connectivity index (χ3v) is 11.8. The highest BCUT2D eigenvalue weighted by molar-refractivity contribution is 7.92. The van der Waals surface area contributed by atoms with Crippen molar-refractivity contribution < 1.29 is 22.8 Å². The molecule has 0 saturated heterocycles. The molecule has 5 N–H and O–H groups in total. The zero-order valence-electron chi connectivity index (χ0n) is 24.4. The average Bonchev–Trinajstić information content (AvgIpc) is 2.78. The quantitative estimate of drug-likeness (QED) is 0.155. The minimum Gasteiger partial charge on any atom is -0.432 e. The summed E-state index contributed by atoms with van der Waals surface area (Å²) in [5.74, 6) is -0.446. The zero-order valence-corrected chi connectivity index (χ0v) is 26.2. The topological polar surface area (TPSA) is 137 Å². The number of anilines is 4. The summed E-state index contributed by atoms with van der Waals surface area (Å²) in [5.41, 5.74) is 1.31. The molecule has 2 rings (SSSR count). The van der Waals surface area contributed by atoms with Crippen LogP contribution in [0.1, 0.15) is 60.8 Å². The minimum absolute atomic E-state index is 0.0381. The molecule has 2 aromatic rings. The van der Waals surface area contributed by atoms with E-state index in [0.717, 1.165) is 19.3 Å². The second-order valence-corrected chi connectivity index (χ2v) is 18.3. The molecule has 9 nitrogen and oxygen atoms in total. The maximum atomic E-state index is 13.0. The molecule has 11 heteroatoms. The van der Waals surface area contributed by atoms with E-state index in [0.29, 0.717) is 29.3 Å². The molecule has 0 saturated carbocycles. The Morgan fingerprint density at radius 2 is 1.46 bits per heavy atom. The van der Waals surface area contributed by atoms with E-state index < -0.39 is 23.8 Å². The standard InChI is InChI=1S/C28H44N4O5SSi/c1-20(33)30-21-11-14-23(15-12-21)38(35,36)32-22-13-16-24(25(19-22)31-26(34)27(2,3)4)29-18-10-9-17-28(5,6)39(7,8)37/h11-16,19,29,32,37H,9-10,17-18H2,1-8H3,(H,30,33)(H,31,34). The highest BCUT2D eigenvalue weighted by Crippen LogP contribution is 2.40. The Kier molecular flexibility index (Phi) is 10.4. The van der Waals surface area contributed by atoms with E-state index in [1.807, 2.05) is 13.1 Å². The van der Waals surface area contributed by atoms with Crippen LogP contribution in [0.2, 0.25) is 18.1 Å². The van der Waals surface area contributed by atoms with E-state index in [4.69, 9.17) is 0 Å².